The molecule has 3 aromatic rings. The van der Waals surface area contributed by atoms with Gasteiger partial charge < -0.3 is 40.2 Å². The third-order valence-electron chi connectivity index (χ3n) is 10.0. The fourth-order valence-corrected chi connectivity index (χ4v) is 7.15. The number of hydrogen-bond donors (Lipinski definition) is 4. The van der Waals surface area contributed by atoms with Crippen molar-refractivity contribution >= 4 is 34.7 Å². The van der Waals surface area contributed by atoms with E-state index < -0.39 is 53.7 Å². The van der Waals surface area contributed by atoms with Crippen LogP contribution in [0, 0.1) is 11.8 Å². The van der Waals surface area contributed by atoms with Gasteiger partial charge in [0.15, 0.2) is 0 Å². The van der Waals surface area contributed by atoms with Crippen molar-refractivity contribution in [2.75, 3.05) is 26.8 Å². The highest BCUT2D eigenvalue weighted by atomic mass is 16.5. The van der Waals surface area contributed by atoms with Gasteiger partial charge in [0.1, 0.15) is 35.3 Å². The van der Waals surface area contributed by atoms with Crippen molar-refractivity contribution in [1.29, 1.82) is 0 Å². The van der Waals surface area contributed by atoms with Crippen LogP contribution in [0.4, 0.5) is 4.79 Å². The van der Waals surface area contributed by atoms with Gasteiger partial charge in [0.25, 0.3) is 0 Å². The second-order valence-electron chi connectivity index (χ2n) is 14.2. The Morgan fingerprint density at radius 1 is 1.13 bits per heavy atom. The van der Waals surface area contributed by atoms with E-state index in [1.807, 2.05) is 68.4 Å². The fourth-order valence-electron chi connectivity index (χ4n) is 7.15. The molecule has 276 valence electrons. The summed E-state index contributed by atoms with van der Waals surface area (Å²) in [5, 5.41) is 19.4. The van der Waals surface area contributed by atoms with E-state index in [4.69, 9.17) is 19.2 Å². The third-order valence-corrected chi connectivity index (χ3v) is 10.0. The summed E-state index contributed by atoms with van der Waals surface area (Å²) in [6.07, 6.45) is 2.75. The Labute approximate surface area is 303 Å². The lowest BCUT2D eigenvalue weighted by Crippen LogP contribution is -2.56. The van der Waals surface area contributed by atoms with Crippen LogP contribution < -0.4 is 25.4 Å². The number of carboxylic acids is 1. The summed E-state index contributed by atoms with van der Waals surface area (Å²) in [5.74, 6) is -1.05. The number of carbonyl (C=O) groups is 4. The van der Waals surface area contributed by atoms with Gasteiger partial charge >= 0.3 is 12.0 Å². The number of carboxylic acid groups (broad SMARTS) is 1. The molecule has 6 rings (SSSR count). The SMILES string of the molecule is C=C[C@@H]1C[C@]1(NC(=O)[C@@H]1C[C@@H](Oc2cc(-c3ccccc3)nc3cc(OC)ccc23)CN1C(=O)N[C@H](CNC(=O)C1CCCO1)CC(C)C)C(=O)O. The number of pyridine rings is 1. The Bertz CT molecular complexity index is 1810. The molecule has 2 aliphatic heterocycles. The molecule has 52 heavy (non-hydrogen) atoms. The fraction of sp³-hybridized carbons (Fsp3) is 0.462. The molecular weight excluding hydrogens is 666 g/mol. The number of hydrogen-bond acceptors (Lipinski definition) is 8. The molecule has 3 fully saturated rings. The van der Waals surface area contributed by atoms with E-state index in [-0.39, 0.29) is 37.8 Å². The van der Waals surface area contributed by atoms with Crippen molar-refractivity contribution in [3.63, 3.8) is 0 Å². The van der Waals surface area contributed by atoms with Crippen molar-refractivity contribution < 1.29 is 38.5 Å². The van der Waals surface area contributed by atoms with Crippen LogP contribution in [-0.2, 0) is 19.1 Å². The number of carbonyl (C=O) groups excluding carboxylic acids is 3. The molecule has 0 radical (unpaired) electrons. The monoisotopic (exact) mass is 713 g/mol. The number of fused-ring (bicyclic) bond motifs is 1. The van der Waals surface area contributed by atoms with Gasteiger partial charge in [0.2, 0.25) is 11.8 Å². The molecule has 13 nitrogen and oxygen atoms in total. The first kappa shape index (κ1) is 36.6. The van der Waals surface area contributed by atoms with Crippen molar-refractivity contribution in [3.05, 3.63) is 67.3 Å². The molecule has 0 spiro atoms. The van der Waals surface area contributed by atoms with Gasteiger partial charge in [-0.25, -0.2) is 14.6 Å². The predicted octanol–water partition coefficient (Wildman–Crippen LogP) is 4.30. The first-order valence-corrected chi connectivity index (χ1v) is 17.9. The summed E-state index contributed by atoms with van der Waals surface area (Å²) in [4.78, 5) is 59.3. The molecule has 13 heteroatoms. The van der Waals surface area contributed by atoms with E-state index in [0.29, 0.717) is 42.2 Å². The molecule has 1 aromatic heterocycles. The number of ether oxygens (including phenoxy) is 3. The maximum absolute atomic E-state index is 14.1. The standard InChI is InChI=1S/C39H47N5O8/c1-5-25-20-39(25,37(47)48)43-35(45)32-18-28(22-44(32)38(49)41-26(16-23(2)3)21-40-36(46)33-12-9-15-51-33)52-34-19-30(24-10-7-6-8-11-24)42-31-17-27(50-4)13-14-29(31)34/h5-8,10-11,13-14,17,19,23,25-26,28,32-33H,1,9,12,15-16,18,20-22H2,2-4H3,(H,40,46)(H,41,49)(H,43,45)(H,47,48)/t25-,26+,28-,32+,33?,39-/m1/s1. The molecule has 3 heterocycles. The Hall–Kier alpha value is -5.17. The summed E-state index contributed by atoms with van der Waals surface area (Å²) in [5.41, 5.74) is 0.723. The van der Waals surface area contributed by atoms with E-state index in [1.54, 1.807) is 7.11 Å². The van der Waals surface area contributed by atoms with Crippen LogP contribution in [0.1, 0.15) is 46.0 Å². The average Bonchev–Trinajstić information content (AvgIpc) is 3.43. The molecule has 4 amide bonds. The number of aliphatic carboxylic acids is 1. The zero-order valence-corrected chi connectivity index (χ0v) is 29.8. The normalized spacial score (nSPS) is 24.3. The topological polar surface area (TPSA) is 168 Å². The van der Waals surface area contributed by atoms with Crippen molar-refractivity contribution in [3.8, 4) is 22.8 Å². The van der Waals surface area contributed by atoms with Crippen molar-refractivity contribution in [2.45, 2.75) is 75.8 Å². The minimum atomic E-state index is -1.47. The molecule has 1 unspecified atom stereocenters. The molecule has 2 saturated heterocycles. The van der Waals surface area contributed by atoms with Gasteiger partial charge in [-0.1, -0.05) is 50.3 Å². The lowest BCUT2D eigenvalue weighted by molar-refractivity contribution is -0.144. The summed E-state index contributed by atoms with van der Waals surface area (Å²) >= 11 is 0. The maximum Gasteiger partial charge on any atom is 0.330 e. The highest BCUT2D eigenvalue weighted by molar-refractivity contribution is 5.95. The number of likely N-dealkylation sites (tertiary alicyclic amines) is 1. The van der Waals surface area contributed by atoms with Gasteiger partial charge in [-0.2, -0.15) is 0 Å². The Balaban J connectivity index is 1.27. The summed E-state index contributed by atoms with van der Waals surface area (Å²) in [6, 6.07) is 15.0. The van der Waals surface area contributed by atoms with Crippen LogP contribution in [0.2, 0.25) is 0 Å². The molecule has 6 atom stereocenters. The molecule has 0 bridgehead atoms. The van der Waals surface area contributed by atoms with E-state index in [9.17, 15) is 24.3 Å². The third kappa shape index (κ3) is 7.99. The van der Waals surface area contributed by atoms with Crippen LogP contribution in [0.25, 0.3) is 22.2 Å². The highest BCUT2D eigenvalue weighted by Gasteiger charge is 2.61. The second-order valence-corrected chi connectivity index (χ2v) is 14.2. The van der Waals surface area contributed by atoms with E-state index >= 15 is 0 Å². The van der Waals surface area contributed by atoms with Crippen LogP contribution >= 0.6 is 0 Å². The molecule has 2 aromatic carbocycles. The number of methoxy groups -OCH3 is 1. The second kappa shape index (κ2) is 15.6. The molecule has 1 saturated carbocycles. The number of benzene rings is 2. The van der Waals surface area contributed by atoms with E-state index in [1.165, 1.54) is 11.0 Å². The number of nitrogens with one attached hydrogen (secondary N) is 3. The lowest BCUT2D eigenvalue weighted by atomic mass is 10.0. The average molecular weight is 714 g/mol. The van der Waals surface area contributed by atoms with Crippen LogP contribution in [0.3, 0.4) is 0 Å². The van der Waals surface area contributed by atoms with Gasteiger partial charge in [0, 0.05) is 54.6 Å². The number of urea groups is 1. The molecule has 3 aliphatic rings. The number of aromatic nitrogens is 1. The minimum absolute atomic E-state index is 0.0478. The quantitative estimate of drug-likeness (QED) is 0.178. The Morgan fingerprint density at radius 2 is 1.92 bits per heavy atom. The van der Waals surface area contributed by atoms with Gasteiger partial charge in [0.05, 0.1) is 24.9 Å². The van der Waals surface area contributed by atoms with Crippen LogP contribution in [0.15, 0.2) is 67.3 Å². The maximum atomic E-state index is 14.1. The van der Waals surface area contributed by atoms with Crippen molar-refractivity contribution in [1.82, 2.24) is 25.8 Å². The van der Waals surface area contributed by atoms with Gasteiger partial charge in [-0.05, 0) is 43.7 Å². The zero-order valence-electron chi connectivity index (χ0n) is 29.8. The van der Waals surface area contributed by atoms with Crippen LogP contribution in [-0.4, -0.2) is 95.4 Å². The Kier molecular flexibility index (Phi) is 11.0. The largest absolute Gasteiger partial charge is 0.497 e. The van der Waals surface area contributed by atoms with Crippen molar-refractivity contribution in [2.24, 2.45) is 11.8 Å². The molecule has 1 aliphatic carbocycles. The van der Waals surface area contributed by atoms with Gasteiger partial charge in [-0.3, -0.25) is 9.59 Å². The number of nitrogens with zero attached hydrogens (tertiary/aromatic N) is 2. The molecule has 4 N–H and O–H groups in total. The first-order valence-electron chi connectivity index (χ1n) is 17.9. The summed E-state index contributed by atoms with van der Waals surface area (Å²) < 4.78 is 17.6. The van der Waals surface area contributed by atoms with E-state index in [0.717, 1.165) is 17.4 Å². The number of rotatable bonds is 14. The smallest absolute Gasteiger partial charge is 0.330 e. The first-order chi connectivity index (χ1) is 25.0. The predicted molar refractivity (Wildman–Crippen MR) is 194 cm³/mol. The minimum Gasteiger partial charge on any atom is -0.497 e. The number of amides is 4. The summed E-state index contributed by atoms with van der Waals surface area (Å²) in [6.45, 7) is 8.54. The van der Waals surface area contributed by atoms with Gasteiger partial charge in [-0.15, -0.1) is 6.58 Å². The summed E-state index contributed by atoms with van der Waals surface area (Å²) in [7, 11) is 1.58. The Morgan fingerprint density at radius 3 is 2.58 bits per heavy atom. The zero-order chi connectivity index (χ0) is 37.0. The molecular formula is C39H47N5O8. The highest BCUT2D eigenvalue weighted by Crippen LogP contribution is 2.45. The lowest BCUT2D eigenvalue weighted by Gasteiger charge is -2.29. The van der Waals surface area contributed by atoms with E-state index in [2.05, 4.69) is 22.5 Å². The van der Waals surface area contributed by atoms with Crippen LogP contribution in [0.5, 0.6) is 11.5 Å².